The molecule has 0 N–H and O–H groups in total. The summed E-state index contributed by atoms with van der Waals surface area (Å²) in [5.74, 6) is 0.385. The zero-order valence-corrected chi connectivity index (χ0v) is 14.5. The van der Waals surface area contributed by atoms with Crippen LogP contribution in [0.15, 0.2) is 39.6 Å². The van der Waals surface area contributed by atoms with Gasteiger partial charge in [0.15, 0.2) is 5.76 Å². The van der Waals surface area contributed by atoms with Crippen molar-refractivity contribution in [3.05, 3.63) is 46.5 Å². The van der Waals surface area contributed by atoms with E-state index in [9.17, 15) is 4.79 Å². The molecule has 128 valence electrons. The molecule has 2 aliphatic heterocycles. The largest absolute Gasteiger partial charge is 0.459 e. The normalized spacial score (nSPS) is 25.2. The number of ether oxygens (including phenoxy) is 1. The first-order chi connectivity index (χ1) is 11.7. The molecule has 4 heterocycles. The van der Waals surface area contributed by atoms with E-state index in [-0.39, 0.29) is 11.5 Å². The lowest BCUT2D eigenvalue weighted by molar-refractivity contribution is -0.136. The second kappa shape index (κ2) is 6.70. The Morgan fingerprint density at radius 2 is 2.25 bits per heavy atom. The monoisotopic (exact) mass is 346 g/mol. The van der Waals surface area contributed by atoms with E-state index in [1.165, 1.54) is 5.56 Å². The highest BCUT2D eigenvalue weighted by molar-refractivity contribution is 7.07. The van der Waals surface area contributed by atoms with Crippen LogP contribution in [0.1, 0.15) is 29.0 Å². The first kappa shape index (κ1) is 15.9. The predicted octanol–water partition coefficient (Wildman–Crippen LogP) is 2.85. The fourth-order valence-corrected chi connectivity index (χ4v) is 4.43. The summed E-state index contributed by atoms with van der Waals surface area (Å²) in [6, 6.07) is 5.67. The highest BCUT2D eigenvalue weighted by Crippen LogP contribution is 2.30. The van der Waals surface area contributed by atoms with Crippen LogP contribution in [0.5, 0.6) is 0 Å². The molecule has 2 aromatic rings. The summed E-state index contributed by atoms with van der Waals surface area (Å²) in [5.41, 5.74) is 1.12. The van der Waals surface area contributed by atoms with Crippen molar-refractivity contribution >= 4 is 17.2 Å². The summed E-state index contributed by atoms with van der Waals surface area (Å²) in [6.45, 7) is 4.93. The number of likely N-dealkylation sites (tertiary alicyclic amines) is 1. The van der Waals surface area contributed by atoms with Crippen molar-refractivity contribution in [2.24, 2.45) is 0 Å². The summed E-state index contributed by atoms with van der Waals surface area (Å²) >= 11 is 1.74. The molecule has 5 nitrogen and oxygen atoms in total. The summed E-state index contributed by atoms with van der Waals surface area (Å²) in [6.07, 6.45) is 3.53. The molecule has 4 rings (SSSR count). The molecule has 2 saturated heterocycles. The molecule has 2 aliphatic rings. The van der Waals surface area contributed by atoms with Crippen LogP contribution in [0.4, 0.5) is 0 Å². The third-order valence-electron chi connectivity index (χ3n) is 4.87. The Bertz CT molecular complexity index is 667. The van der Waals surface area contributed by atoms with Gasteiger partial charge in [0.05, 0.1) is 25.0 Å². The molecule has 1 amide bonds. The van der Waals surface area contributed by atoms with Gasteiger partial charge in [-0.2, -0.15) is 11.3 Å². The Kier molecular flexibility index (Phi) is 4.43. The Balaban J connectivity index is 1.44. The van der Waals surface area contributed by atoms with Crippen LogP contribution in [0.25, 0.3) is 0 Å². The third-order valence-corrected chi connectivity index (χ3v) is 5.60. The average Bonchev–Trinajstić information content (AvgIpc) is 3.28. The molecular formula is C18H22N2O3S. The molecule has 24 heavy (non-hydrogen) atoms. The number of hydrogen-bond donors (Lipinski definition) is 0. The van der Waals surface area contributed by atoms with E-state index in [0.717, 1.165) is 45.6 Å². The van der Waals surface area contributed by atoms with E-state index in [1.54, 1.807) is 29.7 Å². The van der Waals surface area contributed by atoms with Gasteiger partial charge in [0, 0.05) is 26.2 Å². The van der Waals surface area contributed by atoms with Crippen molar-refractivity contribution in [3.63, 3.8) is 0 Å². The van der Waals surface area contributed by atoms with Gasteiger partial charge in [0.25, 0.3) is 5.91 Å². The minimum atomic E-state index is -0.241. The number of furan rings is 1. The second-order valence-electron chi connectivity index (χ2n) is 6.68. The number of morpholine rings is 1. The van der Waals surface area contributed by atoms with Crippen molar-refractivity contribution in [1.82, 2.24) is 9.80 Å². The standard InChI is InChI=1S/C18H22N2O3S/c21-17(16-3-1-8-22-16)20-6-2-5-18(14-20)13-19(7-9-23-18)11-15-4-10-24-12-15/h1,3-4,8,10,12H,2,5-7,9,11,13-14H2/t18-/m0/s1. The molecule has 0 unspecified atom stereocenters. The lowest BCUT2D eigenvalue weighted by Crippen LogP contribution is -2.60. The quantitative estimate of drug-likeness (QED) is 0.857. The Hall–Kier alpha value is -1.63. The highest BCUT2D eigenvalue weighted by atomic mass is 32.1. The number of amides is 1. The van der Waals surface area contributed by atoms with Gasteiger partial charge in [-0.05, 0) is 47.4 Å². The average molecular weight is 346 g/mol. The van der Waals surface area contributed by atoms with Gasteiger partial charge in [0.2, 0.25) is 0 Å². The van der Waals surface area contributed by atoms with Crippen LogP contribution in [-0.2, 0) is 11.3 Å². The number of piperidine rings is 1. The second-order valence-corrected chi connectivity index (χ2v) is 7.46. The lowest BCUT2D eigenvalue weighted by atomic mass is 9.90. The molecule has 0 radical (unpaired) electrons. The van der Waals surface area contributed by atoms with E-state index in [2.05, 4.69) is 21.7 Å². The van der Waals surface area contributed by atoms with Gasteiger partial charge >= 0.3 is 0 Å². The van der Waals surface area contributed by atoms with Gasteiger partial charge in [-0.3, -0.25) is 9.69 Å². The van der Waals surface area contributed by atoms with Crippen LogP contribution in [0, 0.1) is 0 Å². The maximum absolute atomic E-state index is 12.6. The van der Waals surface area contributed by atoms with Gasteiger partial charge in [-0.25, -0.2) is 0 Å². The zero-order valence-electron chi connectivity index (χ0n) is 13.6. The Morgan fingerprint density at radius 1 is 1.29 bits per heavy atom. The fraction of sp³-hybridized carbons (Fsp3) is 0.500. The van der Waals surface area contributed by atoms with E-state index >= 15 is 0 Å². The maximum atomic E-state index is 12.6. The molecule has 1 spiro atoms. The molecule has 0 aromatic carbocycles. The topological polar surface area (TPSA) is 45.9 Å². The van der Waals surface area contributed by atoms with Gasteiger partial charge < -0.3 is 14.1 Å². The Morgan fingerprint density at radius 3 is 3.04 bits per heavy atom. The van der Waals surface area contributed by atoms with E-state index in [1.807, 2.05) is 4.90 Å². The van der Waals surface area contributed by atoms with Crippen LogP contribution >= 0.6 is 11.3 Å². The number of nitrogens with zero attached hydrogens (tertiary/aromatic N) is 2. The first-order valence-electron chi connectivity index (χ1n) is 8.44. The van der Waals surface area contributed by atoms with Crippen molar-refractivity contribution in [2.45, 2.75) is 25.0 Å². The smallest absolute Gasteiger partial charge is 0.289 e. The SMILES string of the molecule is O=C(c1ccco1)N1CCC[C@]2(CN(Cc3ccsc3)CCO2)C1. The summed E-state index contributed by atoms with van der Waals surface area (Å²) in [7, 11) is 0. The number of carbonyl (C=O) groups excluding carboxylic acids is 1. The molecule has 2 fully saturated rings. The van der Waals surface area contributed by atoms with Crippen molar-refractivity contribution in [3.8, 4) is 0 Å². The number of hydrogen-bond acceptors (Lipinski definition) is 5. The molecule has 6 heteroatoms. The number of rotatable bonds is 3. The zero-order chi connectivity index (χ0) is 16.4. The number of thiophene rings is 1. The third kappa shape index (κ3) is 3.27. The molecule has 0 saturated carbocycles. The maximum Gasteiger partial charge on any atom is 0.289 e. The Labute approximate surface area is 145 Å². The molecular weight excluding hydrogens is 324 g/mol. The van der Waals surface area contributed by atoms with Crippen LogP contribution in [0.2, 0.25) is 0 Å². The summed E-state index contributed by atoms with van der Waals surface area (Å²) < 4.78 is 11.5. The fourth-order valence-electron chi connectivity index (χ4n) is 3.77. The van der Waals surface area contributed by atoms with Crippen molar-refractivity contribution < 1.29 is 13.9 Å². The minimum absolute atomic E-state index is 0.0300. The lowest BCUT2D eigenvalue weighted by Gasteiger charge is -2.47. The molecule has 2 aromatic heterocycles. The van der Waals surface area contributed by atoms with E-state index in [0.29, 0.717) is 12.3 Å². The van der Waals surface area contributed by atoms with Crippen LogP contribution in [-0.4, -0.2) is 54.1 Å². The van der Waals surface area contributed by atoms with Crippen molar-refractivity contribution in [2.75, 3.05) is 32.8 Å². The van der Waals surface area contributed by atoms with Gasteiger partial charge in [0.1, 0.15) is 0 Å². The predicted molar refractivity (Wildman–Crippen MR) is 92.1 cm³/mol. The van der Waals surface area contributed by atoms with Crippen LogP contribution in [0.3, 0.4) is 0 Å². The summed E-state index contributed by atoms with van der Waals surface area (Å²) in [4.78, 5) is 16.9. The van der Waals surface area contributed by atoms with Crippen molar-refractivity contribution in [1.29, 1.82) is 0 Å². The molecule has 0 bridgehead atoms. The molecule has 1 atom stereocenters. The first-order valence-corrected chi connectivity index (χ1v) is 9.39. The van der Waals surface area contributed by atoms with E-state index in [4.69, 9.17) is 9.15 Å². The highest BCUT2D eigenvalue weighted by Gasteiger charge is 2.42. The van der Waals surface area contributed by atoms with E-state index < -0.39 is 0 Å². The molecule has 0 aliphatic carbocycles. The summed E-state index contributed by atoms with van der Waals surface area (Å²) in [5, 5.41) is 4.33. The van der Waals surface area contributed by atoms with Gasteiger partial charge in [-0.1, -0.05) is 0 Å². The number of carbonyl (C=O) groups is 1. The minimum Gasteiger partial charge on any atom is -0.459 e. The van der Waals surface area contributed by atoms with Crippen LogP contribution < -0.4 is 0 Å². The van der Waals surface area contributed by atoms with Gasteiger partial charge in [-0.15, -0.1) is 0 Å².